The van der Waals surface area contributed by atoms with E-state index < -0.39 is 4.92 Å². The van der Waals surface area contributed by atoms with Gasteiger partial charge in [-0.1, -0.05) is 13.8 Å². The molecule has 0 fully saturated rings. The lowest BCUT2D eigenvalue weighted by Gasteiger charge is -1.94. The first-order valence-electron chi connectivity index (χ1n) is 2.59. The van der Waals surface area contributed by atoms with Crippen molar-refractivity contribution in [1.82, 2.24) is 0 Å². The molecule has 0 amide bonds. The van der Waals surface area contributed by atoms with E-state index in [1.165, 1.54) is 0 Å². The Labute approximate surface area is 48.9 Å². The lowest BCUT2D eigenvalue weighted by atomic mass is 10.1. The summed E-state index contributed by atoms with van der Waals surface area (Å²) in [5.74, 6) is 0.389. The zero-order valence-corrected chi connectivity index (χ0v) is 5.13. The quantitative estimate of drug-likeness (QED) is 0.414. The molecule has 0 unspecified atom stereocenters. The second-order valence-electron chi connectivity index (χ2n) is 2.10. The highest BCUT2D eigenvalue weighted by atomic mass is 16.6. The van der Waals surface area contributed by atoms with Crippen molar-refractivity contribution in [3.63, 3.8) is 0 Å². The van der Waals surface area contributed by atoms with Crippen LogP contribution in [0.1, 0.15) is 20.3 Å². The van der Waals surface area contributed by atoms with Crippen molar-refractivity contribution in [2.24, 2.45) is 5.92 Å². The second-order valence-corrected chi connectivity index (χ2v) is 2.10. The van der Waals surface area contributed by atoms with Gasteiger partial charge in [0, 0.05) is 11.3 Å². The van der Waals surface area contributed by atoms with Gasteiger partial charge in [0.2, 0.25) is 0 Å². The Kier molecular flexibility index (Phi) is 3.15. The fourth-order valence-corrected chi connectivity index (χ4v) is 0.297. The molecule has 0 heterocycles. The van der Waals surface area contributed by atoms with Crippen LogP contribution in [0.25, 0.3) is 0 Å². The summed E-state index contributed by atoms with van der Waals surface area (Å²) in [5.41, 5.74) is 0. The van der Waals surface area contributed by atoms with Crippen LogP contribution in [0.3, 0.4) is 0 Å². The summed E-state index contributed by atoms with van der Waals surface area (Å²) in [6.07, 6.45) is 0.562. The van der Waals surface area contributed by atoms with Crippen molar-refractivity contribution >= 4 is 0 Å². The summed E-state index contributed by atoms with van der Waals surface area (Å²) >= 11 is 0. The molecular formula is C5H10NO2. The van der Waals surface area contributed by atoms with E-state index in [2.05, 4.69) is 0 Å². The number of nitrogens with zero attached hydrogens (tertiary/aromatic N) is 1. The van der Waals surface area contributed by atoms with Gasteiger partial charge in [0.25, 0.3) is 6.54 Å². The Hall–Kier alpha value is -0.600. The van der Waals surface area contributed by atoms with Gasteiger partial charge in [-0.25, -0.2) is 0 Å². The molecule has 0 aromatic carbocycles. The molecule has 0 rings (SSSR count). The molecule has 0 aromatic heterocycles. The fraction of sp³-hybridized carbons (Fsp3) is 0.800. The second kappa shape index (κ2) is 3.41. The minimum Gasteiger partial charge on any atom is -0.264 e. The standard InChI is InChI=1S/C5H10NO2/c1-5(2)3-4-6(7)8/h4-5H,3H2,1-2H3. The molecule has 0 aliphatic rings. The van der Waals surface area contributed by atoms with Crippen LogP contribution >= 0.6 is 0 Å². The van der Waals surface area contributed by atoms with Crippen LogP contribution < -0.4 is 0 Å². The van der Waals surface area contributed by atoms with E-state index >= 15 is 0 Å². The van der Waals surface area contributed by atoms with Gasteiger partial charge in [0.05, 0.1) is 0 Å². The summed E-state index contributed by atoms with van der Waals surface area (Å²) in [5, 5.41) is 9.65. The van der Waals surface area contributed by atoms with Crippen LogP contribution in [0.5, 0.6) is 0 Å². The maximum atomic E-state index is 9.65. The van der Waals surface area contributed by atoms with Gasteiger partial charge in [-0.3, -0.25) is 10.1 Å². The van der Waals surface area contributed by atoms with Gasteiger partial charge in [-0.2, -0.15) is 0 Å². The molecule has 1 radical (unpaired) electrons. The molecule has 3 nitrogen and oxygen atoms in total. The van der Waals surface area contributed by atoms with E-state index in [0.717, 1.165) is 6.54 Å². The van der Waals surface area contributed by atoms with E-state index in [1.807, 2.05) is 13.8 Å². The minimum absolute atomic E-state index is 0.389. The lowest BCUT2D eigenvalue weighted by molar-refractivity contribution is -0.438. The lowest BCUT2D eigenvalue weighted by Crippen LogP contribution is -1.96. The number of hydrogen-bond acceptors (Lipinski definition) is 2. The monoisotopic (exact) mass is 116 g/mol. The first-order chi connectivity index (χ1) is 3.63. The Morgan fingerprint density at radius 2 is 2.25 bits per heavy atom. The van der Waals surface area contributed by atoms with E-state index in [4.69, 9.17) is 0 Å². The molecule has 0 saturated heterocycles. The molecule has 8 heavy (non-hydrogen) atoms. The highest BCUT2D eigenvalue weighted by Crippen LogP contribution is 2.01. The zero-order chi connectivity index (χ0) is 6.57. The van der Waals surface area contributed by atoms with Crippen molar-refractivity contribution in [3.8, 4) is 0 Å². The summed E-state index contributed by atoms with van der Waals surface area (Å²) < 4.78 is 0. The maximum absolute atomic E-state index is 9.65. The van der Waals surface area contributed by atoms with E-state index in [-0.39, 0.29) is 0 Å². The Balaban J connectivity index is 3.05. The smallest absolute Gasteiger partial charge is 0.264 e. The SMILES string of the molecule is CC(C)C[CH][N+](=O)[O-]. The zero-order valence-electron chi connectivity index (χ0n) is 5.13. The van der Waals surface area contributed by atoms with Gasteiger partial charge in [-0.15, -0.1) is 0 Å². The van der Waals surface area contributed by atoms with Crippen LogP contribution in [0, 0.1) is 22.6 Å². The molecule has 0 spiro atoms. The van der Waals surface area contributed by atoms with Crippen molar-refractivity contribution < 1.29 is 4.92 Å². The first-order valence-corrected chi connectivity index (χ1v) is 2.59. The molecular weight excluding hydrogens is 106 g/mol. The van der Waals surface area contributed by atoms with Gasteiger partial charge in [0.1, 0.15) is 0 Å². The third-order valence-corrected chi connectivity index (χ3v) is 0.726. The van der Waals surface area contributed by atoms with E-state index in [1.54, 1.807) is 0 Å². The average molecular weight is 116 g/mol. The molecule has 0 saturated carbocycles. The molecule has 0 aromatic rings. The van der Waals surface area contributed by atoms with E-state index in [9.17, 15) is 10.1 Å². The highest BCUT2D eigenvalue weighted by molar-refractivity contribution is 4.51. The van der Waals surface area contributed by atoms with Crippen LogP contribution in [0.4, 0.5) is 0 Å². The van der Waals surface area contributed by atoms with E-state index in [0.29, 0.717) is 12.3 Å². The van der Waals surface area contributed by atoms with Gasteiger partial charge < -0.3 is 0 Å². The predicted octanol–water partition coefficient (Wildman–Crippen LogP) is 1.47. The summed E-state index contributed by atoms with van der Waals surface area (Å²) in [4.78, 5) is 9.25. The third kappa shape index (κ3) is 5.40. The molecule has 0 bridgehead atoms. The van der Waals surface area contributed by atoms with Gasteiger partial charge >= 0.3 is 0 Å². The minimum atomic E-state index is -0.403. The topological polar surface area (TPSA) is 43.1 Å². The Bertz CT molecular complexity index is 80.5. The molecule has 0 aliphatic heterocycles. The van der Waals surface area contributed by atoms with Crippen LogP contribution in [0.2, 0.25) is 0 Å². The Morgan fingerprint density at radius 3 is 2.38 bits per heavy atom. The first kappa shape index (κ1) is 7.40. The number of rotatable bonds is 3. The van der Waals surface area contributed by atoms with Crippen molar-refractivity contribution in [2.75, 3.05) is 0 Å². The summed E-state index contributed by atoms with van der Waals surface area (Å²) in [6.45, 7) is 4.98. The van der Waals surface area contributed by atoms with Gasteiger partial charge in [0.15, 0.2) is 0 Å². The normalized spacial score (nSPS) is 9.88. The third-order valence-electron chi connectivity index (χ3n) is 0.726. The number of hydrogen-bond donors (Lipinski definition) is 0. The molecule has 47 valence electrons. The van der Waals surface area contributed by atoms with Crippen LogP contribution in [-0.2, 0) is 0 Å². The summed E-state index contributed by atoms with van der Waals surface area (Å²) in [7, 11) is 0. The van der Waals surface area contributed by atoms with Crippen molar-refractivity contribution in [2.45, 2.75) is 20.3 Å². The number of nitro groups is 1. The molecule has 0 aliphatic carbocycles. The largest absolute Gasteiger partial charge is 0.279 e. The van der Waals surface area contributed by atoms with Crippen LogP contribution in [0.15, 0.2) is 0 Å². The predicted molar refractivity (Wildman–Crippen MR) is 30.7 cm³/mol. The Morgan fingerprint density at radius 1 is 1.75 bits per heavy atom. The maximum Gasteiger partial charge on any atom is 0.279 e. The van der Waals surface area contributed by atoms with Crippen LogP contribution in [-0.4, -0.2) is 4.92 Å². The molecule has 0 atom stereocenters. The molecule has 0 N–H and O–H groups in total. The molecule has 3 heteroatoms. The fourth-order valence-electron chi connectivity index (χ4n) is 0.297. The van der Waals surface area contributed by atoms with Crippen molar-refractivity contribution in [1.29, 1.82) is 0 Å². The highest BCUT2D eigenvalue weighted by Gasteiger charge is 2.00. The average Bonchev–Trinajstić information content (AvgIpc) is 1.61. The van der Waals surface area contributed by atoms with Crippen molar-refractivity contribution in [3.05, 3.63) is 16.7 Å². The summed E-state index contributed by atoms with van der Waals surface area (Å²) in [6, 6.07) is 0. The van der Waals surface area contributed by atoms with Gasteiger partial charge in [-0.05, 0) is 5.92 Å².